The van der Waals surface area contributed by atoms with E-state index >= 15 is 0 Å². The van der Waals surface area contributed by atoms with Crippen LogP contribution in [0.15, 0.2) is 59.5 Å². The van der Waals surface area contributed by atoms with Gasteiger partial charge in [-0.3, -0.25) is 4.68 Å². The molecule has 0 aliphatic heterocycles. The van der Waals surface area contributed by atoms with E-state index in [0.29, 0.717) is 17.1 Å². The van der Waals surface area contributed by atoms with Crippen LogP contribution in [0.1, 0.15) is 5.56 Å². The Labute approximate surface area is 164 Å². The third-order valence-corrected chi connectivity index (χ3v) is 4.47. The van der Waals surface area contributed by atoms with Crippen LogP contribution >= 0.6 is 0 Å². The molecule has 0 radical (unpaired) electrons. The fraction of sp³-hybridized carbons (Fsp3) is 0.0500. The Bertz CT molecular complexity index is 1370. The maximum Gasteiger partial charge on any atom is 0.320 e. The van der Waals surface area contributed by atoms with Crippen LogP contribution in [0.2, 0.25) is 0 Å². The highest BCUT2D eigenvalue weighted by Crippen LogP contribution is 2.31. The first-order valence-electron chi connectivity index (χ1n) is 8.77. The first kappa shape index (κ1) is 16.7. The molecule has 9 heteroatoms. The minimum Gasteiger partial charge on any atom is -0.403 e. The zero-order chi connectivity index (χ0) is 19.8. The molecule has 0 fully saturated rings. The summed E-state index contributed by atoms with van der Waals surface area (Å²) < 4.78 is 7.53. The lowest BCUT2D eigenvalue weighted by molar-refractivity contribution is 0.588. The number of aryl methyl sites for hydroxylation is 1. The number of hydrogen-bond donors (Lipinski definition) is 2. The molecule has 0 amide bonds. The summed E-state index contributed by atoms with van der Waals surface area (Å²) in [7, 11) is 1.87. The molecule has 4 heterocycles. The highest BCUT2D eigenvalue weighted by molar-refractivity contribution is 5.93. The molecule has 5 rings (SSSR count). The number of H-pyrrole nitrogens is 1. The molecular formula is C20H14N8O. The number of benzene rings is 1. The van der Waals surface area contributed by atoms with E-state index in [1.165, 1.54) is 0 Å². The Balaban J connectivity index is 1.49. The van der Waals surface area contributed by atoms with Gasteiger partial charge in [-0.25, -0.2) is 4.98 Å². The molecule has 1 aromatic carbocycles. The van der Waals surface area contributed by atoms with E-state index in [2.05, 4.69) is 36.7 Å². The summed E-state index contributed by atoms with van der Waals surface area (Å²) in [4.78, 5) is 7.61. The second-order valence-corrected chi connectivity index (χ2v) is 6.46. The molecule has 5 aromatic rings. The smallest absolute Gasteiger partial charge is 0.320 e. The van der Waals surface area contributed by atoms with Crippen molar-refractivity contribution >= 4 is 22.7 Å². The number of nitriles is 1. The van der Waals surface area contributed by atoms with Gasteiger partial charge in [-0.1, -0.05) is 11.2 Å². The summed E-state index contributed by atoms with van der Waals surface area (Å²) in [6.45, 7) is 0. The number of nitrogens with one attached hydrogen (secondary N) is 2. The molecule has 4 aromatic heterocycles. The van der Waals surface area contributed by atoms with Gasteiger partial charge in [-0.05, 0) is 24.3 Å². The minimum absolute atomic E-state index is 0.237. The van der Waals surface area contributed by atoms with Gasteiger partial charge in [0.2, 0.25) is 0 Å². The topological polar surface area (TPSA) is 121 Å². The Kier molecular flexibility index (Phi) is 3.81. The zero-order valence-electron chi connectivity index (χ0n) is 15.3. The maximum atomic E-state index is 9.02. The van der Waals surface area contributed by atoms with E-state index < -0.39 is 0 Å². The van der Waals surface area contributed by atoms with Gasteiger partial charge in [0.15, 0.2) is 0 Å². The fourth-order valence-electron chi connectivity index (χ4n) is 3.08. The van der Waals surface area contributed by atoms with Crippen molar-refractivity contribution in [2.24, 2.45) is 7.05 Å². The quantitative estimate of drug-likeness (QED) is 0.487. The normalized spacial score (nSPS) is 10.9. The standard InChI is InChI=1S/C20H14N8O/c1-28-11-14(9-24-28)13-6-16-17(10-23-18(16)22-8-13)19-26-27-20(29-19)25-15-4-2-3-12(5-15)7-21/h2-6,8-11H,1H3,(H,22,23)(H,25,27). The van der Waals surface area contributed by atoms with Crippen molar-refractivity contribution < 1.29 is 4.42 Å². The number of fused-ring (bicyclic) bond motifs is 1. The first-order valence-corrected chi connectivity index (χ1v) is 8.77. The van der Waals surface area contributed by atoms with Gasteiger partial charge in [-0.15, -0.1) is 5.10 Å². The second kappa shape index (κ2) is 6.61. The second-order valence-electron chi connectivity index (χ2n) is 6.46. The molecule has 0 atom stereocenters. The largest absolute Gasteiger partial charge is 0.403 e. The van der Waals surface area contributed by atoms with Crippen molar-refractivity contribution in [2.75, 3.05) is 5.32 Å². The Morgan fingerprint density at radius 1 is 1.17 bits per heavy atom. The van der Waals surface area contributed by atoms with Crippen molar-refractivity contribution in [1.82, 2.24) is 29.9 Å². The lowest BCUT2D eigenvalue weighted by atomic mass is 10.1. The molecule has 140 valence electrons. The molecule has 2 N–H and O–H groups in total. The monoisotopic (exact) mass is 382 g/mol. The maximum absolute atomic E-state index is 9.02. The minimum atomic E-state index is 0.237. The van der Waals surface area contributed by atoms with Crippen LogP contribution in [0.3, 0.4) is 0 Å². The summed E-state index contributed by atoms with van der Waals surface area (Å²) in [5, 5.41) is 25.3. The molecule has 0 spiro atoms. The predicted octanol–water partition coefficient (Wildman–Crippen LogP) is 3.63. The number of aromatic amines is 1. The molecule has 0 unspecified atom stereocenters. The van der Waals surface area contributed by atoms with Crippen LogP contribution in [0.4, 0.5) is 11.7 Å². The van der Waals surface area contributed by atoms with E-state index in [0.717, 1.165) is 27.7 Å². The SMILES string of the molecule is Cn1cc(-c2cnc3[nH]cc(-c4nnc(Nc5cccc(C#N)c5)o4)c3c2)cn1. The Morgan fingerprint density at radius 3 is 2.93 bits per heavy atom. The number of aromatic nitrogens is 6. The van der Waals surface area contributed by atoms with Crippen molar-refractivity contribution in [2.45, 2.75) is 0 Å². The van der Waals surface area contributed by atoms with E-state index in [9.17, 15) is 0 Å². The van der Waals surface area contributed by atoms with E-state index in [4.69, 9.17) is 9.68 Å². The molecule has 0 bridgehead atoms. The van der Waals surface area contributed by atoms with Crippen molar-refractivity contribution in [1.29, 1.82) is 5.26 Å². The molecule has 0 saturated carbocycles. The summed E-state index contributed by atoms with van der Waals surface area (Å²) in [6.07, 6.45) is 7.30. The first-order chi connectivity index (χ1) is 14.2. The summed E-state index contributed by atoms with van der Waals surface area (Å²) >= 11 is 0. The lowest BCUT2D eigenvalue weighted by Crippen LogP contribution is -1.90. The fourth-order valence-corrected chi connectivity index (χ4v) is 3.08. The predicted molar refractivity (Wildman–Crippen MR) is 106 cm³/mol. The van der Waals surface area contributed by atoms with Crippen LogP contribution < -0.4 is 5.32 Å². The molecule has 0 aliphatic rings. The summed E-state index contributed by atoms with van der Waals surface area (Å²) in [5.41, 5.74) is 4.63. The third-order valence-electron chi connectivity index (χ3n) is 4.47. The van der Waals surface area contributed by atoms with Gasteiger partial charge in [-0.2, -0.15) is 10.4 Å². The molecule has 29 heavy (non-hydrogen) atoms. The highest BCUT2D eigenvalue weighted by Gasteiger charge is 2.15. The zero-order valence-corrected chi connectivity index (χ0v) is 15.3. The van der Waals surface area contributed by atoms with Crippen LogP contribution in [-0.4, -0.2) is 29.9 Å². The molecule has 9 nitrogen and oxygen atoms in total. The number of hydrogen-bond acceptors (Lipinski definition) is 7. The van der Waals surface area contributed by atoms with Crippen LogP contribution in [0.25, 0.3) is 33.6 Å². The third kappa shape index (κ3) is 3.08. The van der Waals surface area contributed by atoms with Crippen molar-refractivity contribution in [3.8, 4) is 28.7 Å². The number of rotatable bonds is 4. The average molecular weight is 382 g/mol. The molecule has 0 aliphatic carbocycles. The van der Waals surface area contributed by atoms with Gasteiger partial charge in [0.05, 0.1) is 23.4 Å². The van der Waals surface area contributed by atoms with Crippen LogP contribution in [0.5, 0.6) is 0 Å². The number of anilines is 2. The molecular weight excluding hydrogens is 368 g/mol. The highest BCUT2D eigenvalue weighted by atomic mass is 16.4. The Morgan fingerprint density at radius 2 is 2.10 bits per heavy atom. The average Bonchev–Trinajstić information content (AvgIpc) is 3.47. The van der Waals surface area contributed by atoms with Crippen LogP contribution in [0, 0.1) is 11.3 Å². The van der Waals surface area contributed by atoms with Gasteiger partial charge >= 0.3 is 6.01 Å². The summed E-state index contributed by atoms with van der Waals surface area (Å²) in [5.74, 6) is 0.361. The van der Waals surface area contributed by atoms with Gasteiger partial charge in [0, 0.05) is 47.8 Å². The van der Waals surface area contributed by atoms with Gasteiger partial charge in [0.1, 0.15) is 5.65 Å². The van der Waals surface area contributed by atoms with Crippen molar-refractivity contribution in [3.05, 3.63) is 60.7 Å². The van der Waals surface area contributed by atoms with Gasteiger partial charge < -0.3 is 14.7 Å². The molecule has 0 saturated heterocycles. The number of nitrogens with zero attached hydrogens (tertiary/aromatic N) is 6. The van der Waals surface area contributed by atoms with E-state index in [1.54, 1.807) is 41.5 Å². The Hall–Kier alpha value is -4.45. The van der Waals surface area contributed by atoms with Crippen molar-refractivity contribution in [3.63, 3.8) is 0 Å². The van der Waals surface area contributed by atoms with E-state index in [-0.39, 0.29) is 6.01 Å². The summed E-state index contributed by atoms with van der Waals surface area (Å²) in [6, 6.07) is 11.4. The van der Waals surface area contributed by atoms with Gasteiger partial charge in [0.25, 0.3) is 5.89 Å². The number of pyridine rings is 1. The van der Waals surface area contributed by atoms with Crippen LogP contribution in [-0.2, 0) is 7.05 Å². The van der Waals surface area contributed by atoms with E-state index in [1.807, 2.05) is 25.4 Å². The lowest BCUT2D eigenvalue weighted by Gasteiger charge is -2.00.